The number of carboxylic acid groups (broad SMARTS) is 1. The number of carbonyl (C=O) groups is 10. The van der Waals surface area contributed by atoms with Gasteiger partial charge in [-0.15, -0.1) is 11.3 Å². The van der Waals surface area contributed by atoms with E-state index in [9.17, 15) is 63.3 Å². The Bertz CT molecular complexity index is 2940. The number of nitrogens with one attached hydrogen (secondary N) is 5. The number of aliphatic carboxylic acids is 1. The maximum atomic E-state index is 14.9. The minimum absolute atomic E-state index is 0.00139. The van der Waals surface area contributed by atoms with Gasteiger partial charge in [-0.2, -0.15) is 0 Å². The topological polar surface area (TPSA) is 533 Å². The van der Waals surface area contributed by atoms with Crippen molar-refractivity contribution in [1.82, 2.24) is 46.2 Å². The number of rotatable bonds is 30. The molecule has 6 rings (SSSR count). The number of likely N-dealkylation sites (tertiary alicyclic amines) is 3. The van der Waals surface area contributed by atoms with Crippen LogP contribution in [0.5, 0.6) is 0 Å². The summed E-state index contributed by atoms with van der Waals surface area (Å²) in [6.45, 7) is -1.72. The average Bonchev–Trinajstić information content (AvgIpc) is 1.83. The van der Waals surface area contributed by atoms with Crippen molar-refractivity contribution in [3.63, 3.8) is 0 Å². The number of guanidine groups is 3. The first-order valence-corrected chi connectivity index (χ1v) is 30.1. The highest BCUT2D eigenvalue weighted by Crippen LogP contribution is 2.31. The second kappa shape index (κ2) is 33.0. The first kappa shape index (κ1) is 69.4. The Hall–Kier alpha value is -8.73. The summed E-state index contributed by atoms with van der Waals surface area (Å²) < 4.78 is 5.61. The lowest BCUT2D eigenvalue weighted by molar-refractivity contribution is -0.151. The summed E-state index contributed by atoms with van der Waals surface area (Å²) in [6.07, 6.45) is -0.567. The van der Waals surface area contributed by atoms with E-state index in [1.807, 2.05) is 0 Å². The lowest BCUT2D eigenvalue weighted by Gasteiger charge is -2.39. The van der Waals surface area contributed by atoms with Gasteiger partial charge in [-0.3, -0.25) is 58.1 Å². The third kappa shape index (κ3) is 19.1. The second-order valence-electron chi connectivity index (χ2n) is 22.0. The first-order valence-electron chi connectivity index (χ1n) is 29.2. The van der Waals surface area contributed by atoms with Gasteiger partial charge in [0.05, 0.1) is 31.4 Å². The summed E-state index contributed by atoms with van der Waals surface area (Å²) in [5.74, 6) is -8.77. The predicted octanol–water partition coefficient (Wildman–Crippen LogP) is -6.44. The molecule has 1 aromatic carbocycles. The van der Waals surface area contributed by atoms with Crippen LogP contribution in [0.15, 0.2) is 56.8 Å². The van der Waals surface area contributed by atoms with Gasteiger partial charge in [0.2, 0.25) is 53.2 Å². The maximum absolute atomic E-state index is 14.9. The molecule has 3 fully saturated rings. The molecule has 11 atom stereocenters. The van der Waals surface area contributed by atoms with E-state index < -0.39 is 139 Å². The molecule has 0 saturated carbocycles. The van der Waals surface area contributed by atoms with Crippen molar-refractivity contribution in [3.05, 3.63) is 57.8 Å². The Morgan fingerprint density at radius 1 is 0.663 bits per heavy atom. The number of hydrogen-bond acceptors (Lipinski definition) is 18. The van der Waals surface area contributed by atoms with Gasteiger partial charge in [-0.05, 0) is 73.9 Å². The Balaban J connectivity index is 1.11. The molecule has 1 unspecified atom stereocenters. The van der Waals surface area contributed by atoms with E-state index >= 15 is 0 Å². The Morgan fingerprint density at radius 2 is 1.27 bits per heavy atom. The molecule has 9 amide bonds. The molecular formula is C55H83N19O14S. The Morgan fingerprint density at radius 3 is 1.88 bits per heavy atom. The minimum Gasteiger partial charge on any atom is -0.480 e. The number of ether oxygens (including phenoxy) is 1. The number of fused-ring (bicyclic) bond motifs is 1. The van der Waals surface area contributed by atoms with Gasteiger partial charge in [0.15, 0.2) is 17.9 Å². The zero-order valence-corrected chi connectivity index (χ0v) is 50.3. The molecule has 34 heteroatoms. The molecule has 0 bridgehead atoms. The average molecular weight is 1270 g/mol. The number of aliphatic hydroxyl groups is 2. The number of aliphatic imine (C=N–C) groups is 3. The van der Waals surface area contributed by atoms with E-state index in [0.717, 1.165) is 26.7 Å². The number of nitrogens with two attached hydrogens (primary N) is 7. The summed E-state index contributed by atoms with van der Waals surface area (Å²) in [5, 5.41) is 46.0. The van der Waals surface area contributed by atoms with Crippen LogP contribution in [0.1, 0.15) is 86.3 Å². The fraction of sp³-hybridized carbons (Fsp3) is 0.582. The molecule has 488 valence electrons. The van der Waals surface area contributed by atoms with Crippen LogP contribution in [0.2, 0.25) is 0 Å². The number of carbonyl (C=O) groups excluding carboxylic acids is 9. The highest BCUT2D eigenvalue weighted by molar-refractivity contribution is 7.10. The zero-order chi connectivity index (χ0) is 65.1. The van der Waals surface area contributed by atoms with Crippen LogP contribution in [0.4, 0.5) is 0 Å². The van der Waals surface area contributed by atoms with Gasteiger partial charge in [0.1, 0.15) is 48.3 Å². The van der Waals surface area contributed by atoms with E-state index in [1.165, 1.54) is 23.0 Å². The van der Waals surface area contributed by atoms with Crippen LogP contribution in [-0.4, -0.2) is 232 Å². The lowest BCUT2D eigenvalue weighted by atomic mass is 9.92. The normalized spacial score (nSPS) is 21.2. The smallest absolute Gasteiger partial charge is 0.326 e. The van der Waals surface area contributed by atoms with Gasteiger partial charge in [-0.25, -0.2) is 4.79 Å². The summed E-state index contributed by atoms with van der Waals surface area (Å²) in [7, 11) is 1.37. The van der Waals surface area contributed by atoms with E-state index in [4.69, 9.17) is 44.9 Å². The number of carboxylic acids is 1. The molecule has 4 aliphatic heterocycles. The van der Waals surface area contributed by atoms with Crippen LogP contribution in [0, 0.1) is 0 Å². The van der Waals surface area contributed by atoms with Crippen molar-refractivity contribution in [2.45, 2.75) is 144 Å². The van der Waals surface area contributed by atoms with Crippen molar-refractivity contribution in [1.29, 1.82) is 0 Å². The van der Waals surface area contributed by atoms with E-state index in [2.05, 4.69) is 41.6 Å². The standard InChI is InChI=1S/C55H83N19O14S/c1-88-32-23-40(51(85)72-25-30-10-3-2-9-29(30)21-38(72)46(80)68-35(52(86)87)13-6-18-65-55(61)62)74(27-32)49(83)36(28-75)69-47(81)43(41-15-8-20-89-41)70-42(77)24-66-45(79)39-22-31(76)26-73(39)50(84)37-14-7-19-71(37)48(82)34(12-5-17-64-54(59)60)67-44(78)33(56)11-4-16-63-53(57)58/h2-3,8-10,15,20,31-40,43,75-76H,4-7,11-14,16-19,21-28,56H2,1H3,(H,66,79)(H,67,78)(H,68,80)(H,69,81)(H,70,77)(H,86,87)(H4,57,58,63)(H4,59,60,64)(H4,61,62,65)/t31-,32+,33+,34-,35-,36-,37-,38?,39-,40-,43-/m0/s1. The number of hydrogen-bond donors (Lipinski definition) is 15. The molecule has 0 spiro atoms. The highest BCUT2D eigenvalue weighted by Gasteiger charge is 2.49. The van der Waals surface area contributed by atoms with Crippen LogP contribution >= 0.6 is 11.3 Å². The van der Waals surface area contributed by atoms with Crippen LogP contribution in [-0.2, 0) is 65.6 Å². The minimum atomic E-state index is -1.70. The van der Waals surface area contributed by atoms with Crippen molar-refractivity contribution in [2.75, 3.05) is 59.5 Å². The summed E-state index contributed by atoms with van der Waals surface area (Å²) >= 11 is 1.06. The zero-order valence-electron chi connectivity index (χ0n) is 49.4. The molecule has 89 heavy (non-hydrogen) atoms. The van der Waals surface area contributed by atoms with Gasteiger partial charge in [0.25, 0.3) is 0 Å². The highest BCUT2D eigenvalue weighted by atomic mass is 32.1. The molecule has 33 nitrogen and oxygen atoms in total. The maximum Gasteiger partial charge on any atom is 0.326 e. The summed E-state index contributed by atoms with van der Waals surface area (Å²) in [5.41, 5.74) is 40.1. The molecule has 2 aromatic rings. The van der Waals surface area contributed by atoms with E-state index in [1.54, 1.807) is 35.7 Å². The third-order valence-electron chi connectivity index (χ3n) is 15.7. The van der Waals surface area contributed by atoms with Crippen LogP contribution in [0.25, 0.3) is 0 Å². The quantitative estimate of drug-likeness (QED) is 0.0196. The van der Waals surface area contributed by atoms with Gasteiger partial charge >= 0.3 is 5.97 Å². The fourth-order valence-electron chi connectivity index (χ4n) is 11.2. The fourth-order valence-corrected chi connectivity index (χ4v) is 12.0. The SMILES string of the molecule is CO[C@@H]1C[C@@H](C(=O)N2Cc3ccccc3CC2C(=O)N[C@@H](CCCN=C(N)N)C(=O)O)N(C(=O)[C@H](CO)NC(=O)[C@@H](NC(=O)CNC(=O)[C@@H]2C[C@H](O)CN2C(=O)[C@@H]2CCCN2C(=O)[C@H](CCCN=C(N)N)NC(=O)[C@H](N)CCCN=C(N)N)c2cccs2)C1. The number of β-amino-alcohol motifs (C(OH)–C–C–N with tert-alkyl or cyclic N) is 1. The molecule has 3 saturated heterocycles. The number of aliphatic hydroxyl groups excluding tert-OH is 2. The number of nitrogens with zero attached hydrogens (tertiary/aromatic N) is 7. The van der Waals surface area contributed by atoms with Gasteiger partial charge < -0.3 is 106 Å². The summed E-state index contributed by atoms with van der Waals surface area (Å²) in [4.78, 5) is 157. The number of amides is 9. The van der Waals surface area contributed by atoms with E-state index in [-0.39, 0.29) is 126 Å². The third-order valence-corrected chi connectivity index (χ3v) is 16.7. The van der Waals surface area contributed by atoms with Crippen molar-refractivity contribution in [2.24, 2.45) is 55.1 Å². The van der Waals surface area contributed by atoms with E-state index in [0.29, 0.717) is 18.4 Å². The molecular weight excluding hydrogens is 1180 g/mol. The number of benzene rings is 1. The Kier molecular flexibility index (Phi) is 25.7. The van der Waals surface area contributed by atoms with Crippen molar-refractivity contribution >= 4 is 88.3 Å². The molecule has 22 N–H and O–H groups in total. The van der Waals surface area contributed by atoms with Crippen molar-refractivity contribution < 1.29 is 68.0 Å². The molecule has 0 aliphatic carbocycles. The second-order valence-corrected chi connectivity index (χ2v) is 23.0. The summed E-state index contributed by atoms with van der Waals surface area (Å²) in [6, 6.07) is -1.53. The first-order chi connectivity index (χ1) is 42.4. The van der Waals surface area contributed by atoms with Crippen molar-refractivity contribution in [3.8, 4) is 0 Å². The molecule has 5 heterocycles. The lowest BCUT2D eigenvalue weighted by Crippen LogP contribution is -2.60. The predicted molar refractivity (Wildman–Crippen MR) is 323 cm³/mol. The van der Waals surface area contributed by atoms with Crippen LogP contribution in [0.3, 0.4) is 0 Å². The molecule has 1 aromatic heterocycles. The largest absolute Gasteiger partial charge is 0.480 e. The molecule has 0 radical (unpaired) electrons. The van der Waals surface area contributed by atoms with Gasteiger partial charge in [0, 0.05) is 77.1 Å². The number of thiophene rings is 1. The van der Waals surface area contributed by atoms with Crippen LogP contribution < -0.4 is 66.7 Å². The monoisotopic (exact) mass is 1270 g/mol. The molecule has 4 aliphatic rings. The Labute approximate surface area is 516 Å². The van der Waals surface area contributed by atoms with Gasteiger partial charge in [-0.1, -0.05) is 30.3 Å². The number of methoxy groups -OCH3 is 1.